The van der Waals surface area contributed by atoms with Crippen LogP contribution < -0.4 is 22.3 Å². The number of guanidine groups is 2. The molecule has 0 aliphatic heterocycles. The lowest BCUT2D eigenvalue weighted by molar-refractivity contribution is -0.354. The molecule has 0 atom stereocenters. The lowest BCUT2D eigenvalue weighted by atomic mass is 10.2. The monoisotopic (exact) mass is 271 g/mol. The fraction of sp³-hybridized carbons (Fsp3) is 0.556. The minimum absolute atomic E-state index is 0. The second-order valence-corrected chi connectivity index (χ2v) is 3.41. The average molecular weight is 271 g/mol. The molecule has 10 heteroatoms. The molecule has 108 valence electrons. The topological polar surface area (TPSA) is 176 Å². The first kappa shape index (κ1) is 22.1. The van der Waals surface area contributed by atoms with Crippen LogP contribution in [0.3, 0.4) is 0 Å². The maximum absolute atomic E-state index is 10.4. The summed E-state index contributed by atoms with van der Waals surface area (Å²) in [5, 5.41) is 16.4. The summed E-state index contributed by atoms with van der Waals surface area (Å²) >= 11 is 0. The van der Waals surface area contributed by atoms with Crippen LogP contribution in [-0.2, 0) is 9.59 Å². The van der Waals surface area contributed by atoms with Gasteiger partial charge in [0, 0.05) is 26.5 Å². The second-order valence-electron chi connectivity index (χ2n) is 3.41. The van der Waals surface area contributed by atoms with Crippen LogP contribution >= 0.6 is 0 Å². The molecule has 19 heavy (non-hydrogen) atoms. The van der Waals surface area contributed by atoms with Gasteiger partial charge >= 0.3 is 0 Å². The molecule has 0 aromatic carbocycles. The number of aliphatic imine (C=N–C) groups is 1. The van der Waals surface area contributed by atoms with E-state index in [1.807, 2.05) is 0 Å². The van der Waals surface area contributed by atoms with Gasteiger partial charge in [0.15, 0.2) is 11.7 Å². The number of quaternary nitrogens is 1. The smallest absolute Gasteiger partial charge is 0.215 e. The molecular formula is C9H20BN6O3-. The number of carbonyl (C=O) groups excluding carboxylic acids is 2. The maximum Gasteiger partial charge on any atom is 0.215 e. The molecule has 0 fully saturated rings. The van der Waals surface area contributed by atoms with Gasteiger partial charge in [0.25, 0.3) is 0 Å². The molecule has 0 amide bonds. The van der Waals surface area contributed by atoms with Gasteiger partial charge in [0.05, 0.1) is 0 Å². The van der Waals surface area contributed by atoms with Crippen LogP contribution in [0.1, 0.15) is 12.8 Å². The normalized spacial score (nSPS) is 9.53. The molecule has 9 nitrogen and oxygen atoms in total. The summed E-state index contributed by atoms with van der Waals surface area (Å²) in [6.07, 6.45) is -0.139. The number of hydrogen-bond acceptors (Lipinski definition) is 4. The fourth-order valence-corrected chi connectivity index (χ4v) is 0.590. The van der Waals surface area contributed by atoms with Crippen LogP contribution in [0.25, 0.3) is 0 Å². The van der Waals surface area contributed by atoms with Crippen LogP contribution in [0.4, 0.5) is 0 Å². The Morgan fingerprint density at radius 1 is 1.32 bits per heavy atom. The summed E-state index contributed by atoms with van der Waals surface area (Å²) in [5.41, 5.74) is 13.5. The Labute approximate surface area is 113 Å². The first-order valence-electron chi connectivity index (χ1n) is 5.07. The molecule has 8 N–H and O–H groups in total. The highest BCUT2D eigenvalue weighted by Gasteiger charge is 1.98. The highest BCUT2D eigenvalue weighted by Crippen LogP contribution is 1.85. The summed E-state index contributed by atoms with van der Waals surface area (Å²) in [6.45, 7) is 0.160. The van der Waals surface area contributed by atoms with Crippen LogP contribution in [0.5, 0.6) is 0 Å². The van der Waals surface area contributed by atoms with Crippen LogP contribution in [-0.4, -0.2) is 57.6 Å². The van der Waals surface area contributed by atoms with Crippen molar-refractivity contribution in [1.29, 1.82) is 5.41 Å². The number of carboxylic acids is 1. The van der Waals surface area contributed by atoms with Crippen molar-refractivity contribution in [3.05, 3.63) is 0 Å². The van der Waals surface area contributed by atoms with E-state index in [0.29, 0.717) is 0 Å². The number of ketones is 1. The summed E-state index contributed by atoms with van der Waals surface area (Å²) in [5.74, 6) is -1.36. The zero-order valence-electron chi connectivity index (χ0n) is 11.2. The zero-order valence-corrected chi connectivity index (χ0v) is 11.2. The third-order valence-electron chi connectivity index (χ3n) is 1.58. The van der Waals surface area contributed by atoms with Gasteiger partial charge in [0.1, 0.15) is 6.54 Å². The third kappa shape index (κ3) is 18.5. The number of Topliss-reactive ketones (excluding diaryl/α,β-unsaturated/α-hetero) is 1. The molecule has 0 heterocycles. The molecule has 0 saturated heterocycles. The second kappa shape index (κ2) is 12.4. The molecule has 0 unspecified atom stereocenters. The molecule has 0 saturated carbocycles. The van der Waals surface area contributed by atoms with Crippen molar-refractivity contribution in [2.75, 3.05) is 20.6 Å². The van der Waals surface area contributed by atoms with Crippen molar-refractivity contribution in [2.24, 2.45) is 16.5 Å². The van der Waals surface area contributed by atoms with Crippen molar-refractivity contribution >= 4 is 32.1 Å². The van der Waals surface area contributed by atoms with Gasteiger partial charge in [0.2, 0.25) is 5.96 Å². The SMILES string of the molecule is CN(C)C(N)=NC(=N)N.[B-].[NH3+]CC(=O)CCC(=O)[O-]. The number of carboxylic acid groups (broad SMARTS) is 1. The molecule has 0 spiro atoms. The van der Waals surface area contributed by atoms with E-state index in [9.17, 15) is 14.7 Å². The molecule has 4 radical (unpaired) electrons. The van der Waals surface area contributed by atoms with Gasteiger partial charge in [-0.15, -0.1) is 0 Å². The average Bonchev–Trinajstić information content (AvgIpc) is 2.25. The van der Waals surface area contributed by atoms with E-state index < -0.39 is 5.97 Å². The summed E-state index contributed by atoms with van der Waals surface area (Å²) < 4.78 is 0. The quantitative estimate of drug-likeness (QED) is 0.228. The summed E-state index contributed by atoms with van der Waals surface area (Å²) in [4.78, 5) is 25.1. The Bertz CT molecular complexity index is 332. The van der Waals surface area contributed by atoms with Crippen LogP contribution in [0.15, 0.2) is 4.99 Å². The number of aliphatic carboxylic acids is 1. The van der Waals surface area contributed by atoms with Gasteiger partial charge in [-0.05, 0) is 6.42 Å². The number of rotatable bonds is 4. The number of nitrogens with two attached hydrogens (primary N) is 2. The summed E-state index contributed by atoms with van der Waals surface area (Å²) in [6, 6.07) is 0. The van der Waals surface area contributed by atoms with Crippen molar-refractivity contribution in [3.63, 3.8) is 0 Å². The highest BCUT2D eigenvalue weighted by atomic mass is 16.4. The molecule has 0 rings (SSSR count). The van der Waals surface area contributed by atoms with E-state index >= 15 is 0 Å². The minimum atomic E-state index is -1.18. The van der Waals surface area contributed by atoms with Gasteiger partial charge in [-0.25, -0.2) is 0 Å². The number of nitrogens with zero attached hydrogens (tertiary/aromatic N) is 2. The van der Waals surface area contributed by atoms with E-state index in [2.05, 4.69) is 10.7 Å². The summed E-state index contributed by atoms with van der Waals surface area (Å²) in [7, 11) is 3.45. The highest BCUT2D eigenvalue weighted by molar-refractivity contribution is 5.91. The van der Waals surface area contributed by atoms with E-state index in [0.717, 1.165) is 0 Å². The minimum Gasteiger partial charge on any atom is -1.00 e. The molecule has 0 aliphatic rings. The molecule has 0 aromatic rings. The standard InChI is InChI=1S/C5H9NO3.C4H11N5.B/c6-3-4(7)1-2-5(8)9;1-9(2)4(7)8-3(5)6;/h1-3,6H2,(H,8,9);1-2H3,(H5,5,6,7,8);/q;;-1. The lowest BCUT2D eigenvalue weighted by Crippen LogP contribution is -2.54. The largest absolute Gasteiger partial charge is 1.00 e. The van der Waals surface area contributed by atoms with E-state index in [1.54, 1.807) is 19.0 Å². The van der Waals surface area contributed by atoms with E-state index in [-0.39, 0.29) is 45.5 Å². The third-order valence-corrected chi connectivity index (χ3v) is 1.58. The number of nitrogens with one attached hydrogen (secondary N) is 1. The Morgan fingerprint density at radius 3 is 2.00 bits per heavy atom. The van der Waals surface area contributed by atoms with Gasteiger partial charge in [-0.3, -0.25) is 10.2 Å². The fourth-order valence-electron chi connectivity index (χ4n) is 0.590. The van der Waals surface area contributed by atoms with Crippen LogP contribution in [0.2, 0.25) is 0 Å². The Morgan fingerprint density at radius 2 is 1.79 bits per heavy atom. The number of carbonyl (C=O) groups is 2. The van der Waals surface area contributed by atoms with Crippen molar-refractivity contribution in [3.8, 4) is 0 Å². The Hall–Kier alpha value is -2.10. The predicted molar refractivity (Wildman–Crippen MR) is 70.0 cm³/mol. The van der Waals surface area contributed by atoms with Gasteiger partial charge < -0.3 is 40.4 Å². The van der Waals surface area contributed by atoms with Crippen molar-refractivity contribution in [1.82, 2.24) is 4.90 Å². The maximum atomic E-state index is 10.4. The molecule has 0 aromatic heterocycles. The molecule has 0 aliphatic carbocycles. The Kier molecular flexibility index (Phi) is 14.4. The Balaban J connectivity index is -0.000000256. The first-order chi connectivity index (χ1) is 8.20. The van der Waals surface area contributed by atoms with Crippen molar-refractivity contribution in [2.45, 2.75) is 12.8 Å². The molecule has 0 bridgehead atoms. The zero-order chi connectivity index (χ0) is 14.7. The van der Waals surface area contributed by atoms with Gasteiger partial charge in [-0.2, -0.15) is 4.99 Å². The van der Waals surface area contributed by atoms with Crippen LogP contribution in [0, 0.1) is 5.41 Å². The molecular weight excluding hydrogens is 251 g/mol. The predicted octanol–water partition coefficient (Wildman–Crippen LogP) is -4.30. The van der Waals surface area contributed by atoms with Gasteiger partial charge in [-0.1, -0.05) is 0 Å². The van der Waals surface area contributed by atoms with E-state index in [1.165, 1.54) is 0 Å². The first-order valence-corrected chi connectivity index (χ1v) is 5.07. The lowest BCUT2D eigenvalue weighted by Gasteiger charge is -2.08. The van der Waals surface area contributed by atoms with Crippen molar-refractivity contribution < 1.29 is 20.4 Å². The number of hydrogen-bond donors (Lipinski definition) is 4. The van der Waals surface area contributed by atoms with E-state index in [4.69, 9.17) is 16.9 Å².